The zero-order chi connectivity index (χ0) is 13.9. The Hall–Kier alpha value is -1.24. The highest BCUT2D eigenvalue weighted by Gasteiger charge is 2.31. The van der Waals surface area contributed by atoms with Crippen molar-refractivity contribution in [3.63, 3.8) is 0 Å². The number of ether oxygens (including phenoxy) is 1. The van der Waals surface area contributed by atoms with Crippen LogP contribution in [0.15, 0.2) is 12.1 Å². The Bertz CT molecular complexity index is 425. The third-order valence-electron chi connectivity index (χ3n) is 3.50. The first-order valence-electron chi connectivity index (χ1n) is 6.17. The molecule has 4 nitrogen and oxygen atoms in total. The van der Waals surface area contributed by atoms with Gasteiger partial charge < -0.3 is 20.3 Å². The summed E-state index contributed by atoms with van der Waals surface area (Å²) < 4.78 is 31.6. The normalized spacial score (nSPS) is 18.5. The van der Waals surface area contributed by atoms with E-state index in [1.165, 1.54) is 0 Å². The molecule has 6 heteroatoms. The molecule has 0 spiro atoms. The van der Waals surface area contributed by atoms with Crippen LogP contribution in [0.25, 0.3) is 0 Å². The monoisotopic (exact) mass is 273 g/mol. The van der Waals surface area contributed by atoms with E-state index >= 15 is 0 Å². The molecule has 3 N–H and O–H groups in total. The van der Waals surface area contributed by atoms with E-state index in [-0.39, 0.29) is 13.2 Å². The second kappa shape index (κ2) is 5.81. The molecule has 2 rings (SSSR count). The molecule has 1 aliphatic heterocycles. The fourth-order valence-electron chi connectivity index (χ4n) is 2.16. The highest BCUT2D eigenvalue weighted by atomic mass is 19.1. The minimum atomic E-state index is -0.984. The molecule has 1 aromatic rings. The molecule has 1 aliphatic rings. The fraction of sp³-hybridized carbons (Fsp3) is 0.538. The third kappa shape index (κ3) is 3.20. The maximum Gasteiger partial charge on any atom is 0.187 e. The SMILES string of the molecule is OCC1(NCc2cc(F)c(O)c(F)c2)CCOCC1. The molecule has 0 aliphatic carbocycles. The average molecular weight is 273 g/mol. The van der Waals surface area contributed by atoms with Crippen LogP contribution in [0.1, 0.15) is 18.4 Å². The van der Waals surface area contributed by atoms with Crippen LogP contribution in [0.5, 0.6) is 5.75 Å². The van der Waals surface area contributed by atoms with Crippen LogP contribution < -0.4 is 5.32 Å². The number of phenolic OH excluding ortho intramolecular Hbond substituents is 1. The Balaban J connectivity index is 2.05. The molecule has 0 saturated carbocycles. The molecule has 0 unspecified atom stereocenters. The van der Waals surface area contributed by atoms with Crippen molar-refractivity contribution in [2.24, 2.45) is 0 Å². The Labute approximate surface area is 110 Å². The number of hydrogen-bond acceptors (Lipinski definition) is 4. The summed E-state index contributed by atoms with van der Waals surface area (Å²) in [7, 11) is 0. The number of benzene rings is 1. The van der Waals surface area contributed by atoms with E-state index in [9.17, 15) is 13.9 Å². The summed E-state index contributed by atoms with van der Waals surface area (Å²) in [6.07, 6.45) is 1.29. The van der Waals surface area contributed by atoms with Crippen molar-refractivity contribution in [1.82, 2.24) is 5.32 Å². The summed E-state index contributed by atoms with van der Waals surface area (Å²) in [4.78, 5) is 0. The average Bonchev–Trinajstić information content (AvgIpc) is 2.43. The van der Waals surface area contributed by atoms with Gasteiger partial charge in [-0.05, 0) is 30.5 Å². The summed E-state index contributed by atoms with van der Waals surface area (Å²) in [5.74, 6) is -2.93. The van der Waals surface area contributed by atoms with E-state index < -0.39 is 22.9 Å². The maximum atomic E-state index is 13.2. The van der Waals surface area contributed by atoms with E-state index in [0.717, 1.165) is 12.1 Å². The van der Waals surface area contributed by atoms with Gasteiger partial charge >= 0.3 is 0 Å². The Morgan fingerprint density at radius 1 is 1.21 bits per heavy atom. The van der Waals surface area contributed by atoms with E-state index in [1.807, 2.05) is 0 Å². The summed E-state index contributed by atoms with van der Waals surface area (Å²) >= 11 is 0. The Morgan fingerprint density at radius 3 is 2.32 bits per heavy atom. The van der Waals surface area contributed by atoms with Crippen molar-refractivity contribution in [1.29, 1.82) is 0 Å². The molecule has 1 aromatic carbocycles. The predicted molar refractivity (Wildman–Crippen MR) is 64.7 cm³/mol. The molecule has 19 heavy (non-hydrogen) atoms. The van der Waals surface area contributed by atoms with Crippen molar-refractivity contribution in [2.45, 2.75) is 24.9 Å². The topological polar surface area (TPSA) is 61.7 Å². The second-order valence-corrected chi connectivity index (χ2v) is 4.81. The number of phenols is 1. The van der Waals surface area contributed by atoms with Crippen molar-refractivity contribution in [3.8, 4) is 5.75 Å². The van der Waals surface area contributed by atoms with Gasteiger partial charge in [-0.3, -0.25) is 0 Å². The number of rotatable bonds is 4. The minimum Gasteiger partial charge on any atom is -0.503 e. The smallest absolute Gasteiger partial charge is 0.187 e. The molecule has 1 fully saturated rings. The first-order valence-corrected chi connectivity index (χ1v) is 6.17. The van der Waals surface area contributed by atoms with Crippen LogP contribution in [0.2, 0.25) is 0 Å². The number of aliphatic hydroxyl groups is 1. The number of hydrogen-bond donors (Lipinski definition) is 3. The van der Waals surface area contributed by atoms with Crippen LogP contribution in [0.4, 0.5) is 8.78 Å². The van der Waals surface area contributed by atoms with Gasteiger partial charge in [0.25, 0.3) is 0 Å². The summed E-state index contributed by atoms with van der Waals surface area (Å²) in [5.41, 5.74) is -0.0876. The molecule has 0 atom stereocenters. The molecular weight excluding hydrogens is 256 g/mol. The Morgan fingerprint density at radius 2 is 1.79 bits per heavy atom. The molecule has 0 aromatic heterocycles. The maximum absolute atomic E-state index is 13.2. The largest absolute Gasteiger partial charge is 0.503 e. The molecule has 0 amide bonds. The van der Waals surface area contributed by atoms with Gasteiger partial charge in [-0.2, -0.15) is 0 Å². The van der Waals surface area contributed by atoms with Gasteiger partial charge in [0, 0.05) is 25.3 Å². The van der Waals surface area contributed by atoms with E-state index in [2.05, 4.69) is 5.32 Å². The van der Waals surface area contributed by atoms with Crippen molar-refractivity contribution >= 4 is 0 Å². The number of nitrogens with one attached hydrogen (secondary N) is 1. The lowest BCUT2D eigenvalue weighted by molar-refractivity contribution is 0.0111. The zero-order valence-corrected chi connectivity index (χ0v) is 10.5. The predicted octanol–water partition coefficient (Wildman–Crippen LogP) is 1.30. The second-order valence-electron chi connectivity index (χ2n) is 4.81. The van der Waals surface area contributed by atoms with Crippen LogP contribution in [-0.4, -0.2) is 35.6 Å². The zero-order valence-electron chi connectivity index (χ0n) is 10.5. The van der Waals surface area contributed by atoms with E-state index in [4.69, 9.17) is 9.84 Å². The quantitative estimate of drug-likeness (QED) is 0.774. The highest BCUT2D eigenvalue weighted by molar-refractivity contribution is 5.30. The van der Waals surface area contributed by atoms with Gasteiger partial charge in [0.2, 0.25) is 0 Å². The minimum absolute atomic E-state index is 0.0561. The number of aliphatic hydroxyl groups excluding tert-OH is 1. The molecular formula is C13H17F2NO3. The van der Waals surface area contributed by atoms with Crippen LogP contribution >= 0.6 is 0 Å². The molecule has 1 heterocycles. The molecule has 0 radical (unpaired) electrons. The lowest BCUT2D eigenvalue weighted by Crippen LogP contribution is -2.51. The third-order valence-corrected chi connectivity index (χ3v) is 3.50. The lowest BCUT2D eigenvalue weighted by atomic mass is 9.90. The van der Waals surface area contributed by atoms with Gasteiger partial charge in [0.05, 0.1) is 6.61 Å². The van der Waals surface area contributed by atoms with Crippen molar-refractivity contribution in [2.75, 3.05) is 19.8 Å². The first-order chi connectivity index (χ1) is 9.06. The van der Waals surface area contributed by atoms with Gasteiger partial charge in [-0.25, -0.2) is 8.78 Å². The summed E-state index contributed by atoms with van der Waals surface area (Å²) in [5, 5.41) is 21.6. The fourth-order valence-corrected chi connectivity index (χ4v) is 2.16. The molecule has 106 valence electrons. The van der Waals surface area contributed by atoms with Gasteiger partial charge in [0.15, 0.2) is 17.4 Å². The molecule has 1 saturated heterocycles. The van der Waals surface area contributed by atoms with Crippen LogP contribution in [0.3, 0.4) is 0 Å². The van der Waals surface area contributed by atoms with Crippen molar-refractivity contribution in [3.05, 3.63) is 29.3 Å². The highest BCUT2D eigenvalue weighted by Crippen LogP contribution is 2.24. The summed E-state index contributed by atoms with van der Waals surface area (Å²) in [6.45, 7) is 1.26. The van der Waals surface area contributed by atoms with Gasteiger partial charge in [-0.15, -0.1) is 0 Å². The lowest BCUT2D eigenvalue weighted by Gasteiger charge is -2.36. The number of aromatic hydroxyl groups is 1. The van der Waals surface area contributed by atoms with E-state index in [1.54, 1.807) is 0 Å². The van der Waals surface area contributed by atoms with Crippen LogP contribution in [0, 0.1) is 11.6 Å². The van der Waals surface area contributed by atoms with Crippen molar-refractivity contribution < 1.29 is 23.7 Å². The number of halogens is 2. The van der Waals surface area contributed by atoms with Crippen LogP contribution in [-0.2, 0) is 11.3 Å². The first kappa shape index (κ1) is 14.2. The summed E-state index contributed by atoms with van der Waals surface area (Å²) in [6, 6.07) is 2.16. The molecule has 0 bridgehead atoms. The van der Waals surface area contributed by atoms with Gasteiger partial charge in [-0.1, -0.05) is 0 Å². The van der Waals surface area contributed by atoms with Gasteiger partial charge in [0.1, 0.15) is 0 Å². The Kier molecular flexibility index (Phi) is 4.34. The van der Waals surface area contributed by atoms with E-state index in [0.29, 0.717) is 31.6 Å². The standard InChI is InChI=1S/C13H17F2NO3/c14-10-5-9(6-11(15)12(10)18)7-16-13(8-17)1-3-19-4-2-13/h5-6,16-18H,1-4,7-8H2.